The SMILES string of the molecule is NC(CC(=O)NC1CCCCC1O)C1CC1. The van der Waals surface area contributed by atoms with Crippen molar-refractivity contribution in [2.24, 2.45) is 11.7 Å². The highest BCUT2D eigenvalue weighted by molar-refractivity contribution is 5.77. The average Bonchev–Trinajstić information content (AvgIpc) is 3.04. The van der Waals surface area contributed by atoms with E-state index in [0.29, 0.717) is 12.3 Å². The summed E-state index contributed by atoms with van der Waals surface area (Å²) in [7, 11) is 0. The molecule has 4 nitrogen and oxygen atoms in total. The number of aliphatic hydroxyl groups is 1. The molecule has 0 aromatic heterocycles. The van der Waals surface area contributed by atoms with Crippen molar-refractivity contribution in [2.45, 2.75) is 63.1 Å². The van der Waals surface area contributed by atoms with Crippen LogP contribution in [0.4, 0.5) is 0 Å². The first-order valence-electron chi connectivity index (χ1n) is 6.40. The molecule has 1 amide bonds. The Kier molecular flexibility index (Phi) is 3.82. The number of nitrogens with one attached hydrogen (secondary N) is 1. The van der Waals surface area contributed by atoms with Gasteiger partial charge in [0.1, 0.15) is 0 Å². The lowest BCUT2D eigenvalue weighted by Crippen LogP contribution is -2.46. The normalized spacial score (nSPS) is 32.1. The molecule has 3 unspecified atom stereocenters. The van der Waals surface area contributed by atoms with E-state index in [4.69, 9.17) is 5.73 Å². The molecule has 0 heterocycles. The molecule has 16 heavy (non-hydrogen) atoms. The van der Waals surface area contributed by atoms with Gasteiger partial charge in [-0.05, 0) is 31.6 Å². The molecule has 0 bridgehead atoms. The van der Waals surface area contributed by atoms with Gasteiger partial charge in [-0.15, -0.1) is 0 Å². The third-order valence-corrected chi connectivity index (χ3v) is 3.72. The Hall–Kier alpha value is -0.610. The Morgan fingerprint density at radius 2 is 2.00 bits per heavy atom. The van der Waals surface area contributed by atoms with Gasteiger partial charge >= 0.3 is 0 Å². The summed E-state index contributed by atoms with van der Waals surface area (Å²) in [6, 6.07) is -0.0339. The number of hydrogen-bond donors (Lipinski definition) is 3. The molecule has 4 heteroatoms. The highest BCUT2D eigenvalue weighted by Gasteiger charge is 2.31. The van der Waals surface area contributed by atoms with Crippen molar-refractivity contribution < 1.29 is 9.90 Å². The molecule has 2 saturated carbocycles. The zero-order valence-corrected chi connectivity index (χ0v) is 9.69. The first kappa shape index (κ1) is 11.9. The van der Waals surface area contributed by atoms with E-state index in [-0.39, 0.29) is 24.1 Å². The molecular formula is C12H22N2O2. The van der Waals surface area contributed by atoms with E-state index < -0.39 is 0 Å². The standard InChI is InChI=1S/C12H22N2O2/c13-9(8-5-6-8)7-12(16)14-10-3-1-2-4-11(10)15/h8-11,15H,1-7,13H2,(H,14,16). The smallest absolute Gasteiger partial charge is 0.221 e. The fourth-order valence-corrected chi connectivity index (χ4v) is 2.45. The van der Waals surface area contributed by atoms with Gasteiger partial charge in [-0.3, -0.25) is 4.79 Å². The van der Waals surface area contributed by atoms with Gasteiger partial charge in [0.05, 0.1) is 12.1 Å². The van der Waals surface area contributed by atoms with Crippen LogP contribution in [0.15, 0.2) is 0 Å². The van der Waals surface area contributed by atoms with Crippen molar-refractivity contribution in [3.63, 3.8) is 0 Å². The largest absolute Gasteiger partial charge is 0.391 e. The quantitative estimate of drug-likeness (QED) is 0.654. The zero-order chi connectivity index (χ0) is 11.5. The number of aliphatic hydroxyl groups excluding tert-OH is 1. The summed E-state index contributed by atoms with van der Waals surface area (Å²) in [4.78, 5) is 11.7. The fourth-order valence-electron chi connectivity index (χ4n) is 2.45. The minimum atomic E-state index is -0.366. The molecule has 2 aliphatic carbocycles. The molecule has 92 valence electrons. The topological polar surface area (TPSA) is 75.4 Å². The lowest BCUT2D eigenvalue weighted by Gasteiger charge is -2.28. The van der Waals surface area contributed by atoms with Gasteiger partial charge in [-0.1, -0.05) is 12.8 Å². The van der Waals surface area contributed by atoms with Crippen molar-refractivity contribution in [2.75, 3.05) is 0 Å². The molecule has 3 atom stereocenters. The van der Waals surface area contributed by atoms with Crippen molar-refractivity contribution >= 4 is 5.91 Å². The van der Waals surface area contributed by atoms with E-state index in [1.54, 1.807) is 0 Å². The maximum absolute atomic E-state index is 11.7. The second kappa shape index (κ2) is 5.15. The van der Waals surface area contributed by atoms with Crippen LogP contribution in [-0.2, 0) is 4.79 Å². The van der Waals surface area contributed by atoms with Crippen LogP contribution in [0.2, 0.25) is 0 Å². The first-order valence-corrected chi connectivity index (χ1v) is 6.40. The molecule has 2 rings (SSSR count). The maximum atomic E-state index is 11.7. The Balaban J connectivity index is 1.72. The molecular weight excluding hydrogens is 204 g/mol. The van der Waals surface area contributed by atoms with E-state index >= 15 is 0 Å². The number of nitrogens with two attached hydrogens (primary N) is 1. The molecule has 0 spiro atoms. The summed E-state index contributed by atoms with van der Waals surface area (Å²) in [6.45, 7) is 0. The molecule has 0 aliphatic heterocycles. The molecule has 4 N–H and O–H groups in total. The second-order valence-electron chi connectivity index (χ2n) is 5.23. The van der Waals surface area contributed by atoms with Crippen LogP contribution in [0, 0.1) is 5.92 Å². The van der Waals surface area contributed by atoms with E-state index in [9.17, 15) is 9.90 Å². The van der Waals surface area contributed by atoms with E-state index in [2.05, 4.69) is 5.32 Å². The van der Waals surface area contributed by atoms with E-state index in [0.717, 1.165) is 25.7 Å². The van der Waals surface area contributed by atoms with E-state index in [1.807, 2.05) is 0 Å². The number of amides is 1. The summed E-state index contributed by atoms with van der Waals surface area (Å²) in [5.41, 5.74) is 5.90. The number of carbonyl (C=O) groups excluding carboxylic acids is 1. The van der Waals surface area contributed by atoms with Gasteiger partial charge in [-0.25, -0.2) is 0 Å². The predicted molar refractivity (Wildman–Crippen MR) is 61.7 cm³/mol. The van der Waals surface area contributed by atoms with Crippen LogP contribution in [-0.4, -0.2) is 29.2 Å². The number of carbonyl (C=O) groups is 1. The molecule has 0 aromatic carbocycles. The molecule has 0 saturated heterocycles. The van der Waals surface area contributed by atoms with Gasteiger partial charge in [0.2, 0.25) is 5.91 Å². The number of rotatable bonds is 4. The Labute approximate surface area is 96.6 Å². The minimum Gasteiger partial charge on any atom is -0.391 e. The van der Waals surface area contributed by atoms with Crippen LogP contribution in [0.3, 0.4) is 0 Å². The Morgan fingerprint density at radius 3 is 2.62 bits per heavy atom. The van der Waals surface area contributed by atoms with Crippen LogP contribution >= 0.6 is 0 Å². The fraction of sp³-hybridized carbons (Fsp3) is 0.917. The van der Waals surface area contributed by atoms with Crippen LogP contribution in [0.25, 0.3) is 0 Å². The summed E-state index contributed by atoms with van der Waals surface area (Å²) in [6.07, 6.45) is 6.24. The van der Waals surface area contributed by atoms with Crippen LogP contribution < -0.4 is 11.1 Å². The van der Waals surface area contributed by atoms with Gasteiger partial charge in [0, 0.05) is 12.5 Å². The Bertz CT molecular complexity index is 253. The maximum Gasteiger partial charge on any atom is 0.221 e. The average molecular weight is 226 g/mol. The van der Waals surface area contributed by atoms with Crippen LogP contribution in [0.1, 0.15) is 44.9 Å². The van der Waals surface area contributed by atoms with Gasteiger partial charge in [-0.2, -0.15) is 0 Å². The molecule has 0 aromatic rings. The predicted octanol–water partition coefficient (Wildman–Crippen LogP) is 0.533. The monoisotopic (exact) mass is 226 g/mol. The third kappa shape index (κ3) is 3.19. The summed E-state index contributed by atoms with van der Waals surface area (Å²) in [5.74, 6) is 0.562. The Morgan fingerprint density at radius 1 is 1.31 bits per heavy atom. The van der Waals surface area contributed by atoms with Crippen molar-refractivity contribution in [1.82, 2.24) is 5.32 Å². The lowest BCUT2D eigenvalue weighted by molar-refractivity contribution is -0.123. The second-order valence-corrected chi connectivity index (χ2v) is 5.23. The highest BCUT2D eigenvalue weighted by Crippen LogP contribution is 2.32. The van der Waals surface area contributed by atoms with Gasteiger partial charge < -0.3 is 16.2 Å². The zero-order valence-electron chi connectivity index (χ0n) is 9.69. The molecule has 0 radical (unpaired) electrons. The van der Waals surface area contributed by atoms with Crippen molar-refractivity contribution in [1.29, 1.82) is 0 Å². The number of hydrogen-bond acceptors (Lipinski definition) is 3. The highest BCUT2D eigenvalue weighted by atomic mass is 16.3. The minimum absolute atomic E-state index is 0.00495. The van der Waals surface area contributed by atoms with Gasteiger partial charge in [0.25, 0.3) is 0 Å². The van der Waals surface area contributed by atoms with Gasteiger partial charge in [0.15, 0.2) is 0 Å². The molecule has 2 aliphatic rings. The summed E-state index contributed by atoms with van der Waals surface area (Å²) >= 11 is 0. The summed E-state index contributed by atoms with van der Waals surface area (Å²) in [5, 5.41) is 12.6. The van der Waals surface area contributed by atoms with Crippen molar-refractivity contribution in [3.05, 3.63) is 0 Å². The lowest BCUT2D eigenvalue weighted by atomic mass is 9.92. The third-order valence-electron chi connectivity index (χ3n) is 3.72. The van der Waals surface area contributed by atoms with Crippen LogP contribution in [0.5, 0.6) is 0 Å². The first-order chi connectivity index (χ1) is 7.66. The summed E-state index contributed by atoms with van der Waals surface area (Å²) < 4.78 is 0. The molecule has 2 fully saturated rings. The van der Waals surface area contributed by atoms with Crippen molar-refractivity contribution in [3.8, 4) is 0 Å². The van der Waals surface area contributed by atoms with E-state index in [1.165, 1.54) is 12.8 Å².